The standard InChI is InChI=1S/C17H18N2O2/c18-16(20)15(14-9-5-2-6-10-14)17(21)19-12-11-13-7-3-1-4-8-13/h1-10,15H,11-12H2,(H2,18,20)(H,19,21). The van der Waals surface area contributed by atoms with E-state index in [1.165, 1.54) is 0 Å². The molecule has 0 heterocycles. The van der Waals surface area contributed by atoms with Gasteiger partial charge in [-0.05, 0) is 17.5 Å². The fourth-order valence-electron chi connectivity index (χ4n) is 2.17. The molecule has 1 atom stereocenters. The lowest BCUT2D eigenvalue weighted by Crippen LogP contribution is -2.37. The lowest BCUT2D eigenvalue weighted by Gasteiger charge is -2.14. The quantitative estimate of drug-likeness (QED) is 0.790. The molecular weight excluding hydrogens is 264 g/mol. The van der Waals surface area contributed by atoms with Crippen molar-refractivity contribution in [1.29, 1.82) is 0 Å². The molecule has 0 fully saturated rings. The number of benzene rings is 2. The number of rotatable bonds is 6. The Bertz CT molecular complexity index is 597. The van der Waals surface area contributed by atoms with E-state index in [1.807, 2.05) is 36.4 Å². The first-order valence-corrected chi connectivity index (χ1v) is 6.84. The van der Waals surface area contributed by atoms with Crippen LogP contribution >= 0.6 is 0 Å². The Hall–Kier alpha value is -2.62. The molecule has 0 radical (unpaired) electrons. The van der Waals surface area contributed by atoms with Crippen LogP contribution in [0, 0.1) is 0 Å². The Kier molecular flexibility index (Phi) is 5.10. The zero-order chi connectivity index (χ0) is 15.1. The third-order valence-electron chi connectivity index (χ3n) is 3.24. The van der Waals surface area contributed by atoms with Crippen LogP contribution in [-0.2, 0) is 16.0 Å². The fourth-order valence-corrected chi connectivity index (χ4v) is 2.17. The normalized spacial score (nSPS) is 11.6. The first kappa shape index (κ1) is 14.8. The van der Waals surface area contributed by atoms with Gasteiger partial charge in [-0.1, -0.05) is 60.7 Å². The molecule has 2 aromatic rings. The van der Waals surface area contributed by atoms with Crippen molar-refractivity contribution in [1.82, 2.24) is 5.32 Å². The summed E-state index contributed by atoms with van der Waals surface area (Å²) in [7, 11) is 0. The van der Waals surface area contributed by atoms with Crippen molar-refractivity contribution < 1.29 is 9.59 Å². The molecule has 21 heavy (non-hydrogen) atoms. The summed E-state index contributed by atoms with van der Waals surface area (Å²) in [5, 5.41) is 2.77. The minimum atomic E-state index is -0.943. The second kappa shape index (κ2) is 7.24. The smallest absolute Gasteiger partial charge is 0.237 e. The highest BCUT2D eigenvalue weighted by atomic mass is 16.2. The molecule has 2 aromatic carbocycles. The summed E-state index contributed by atoms with van der Waals surface area (Å²) in [6.07, 6.45) is 0.715. The maximum atomic E-state index is 12.2. The summed E-state index contributed by atoms with van der Waals surface area (Å²) in [6, 6.07) is 18.7. The molecule has 0 aliphatic carbocycles. The Morgan fingerprint density at radius 1 is 0.952 bits per heavy atom. The number of hydrogen-bond donors (Lipinski definition) is 2. The maximum Gasteiger partial charge on any atom is 0.237 e. The fraction of sp³-hybridized carbons (Fsp3) is 0.176. The molecule has 2 rings (SSSR count). The van der Waals surface area contributed by atoms with E-state index < -0.39 is 11.8 Å². The van der Waals surface area contributed by atoms with E-state index in [1.54, 1.807) is 24.3 Å². The first-order valence-electron chi connectivity index (χ1n) is 6.84. The lowest BCUT2D eigenvalue weighted by atomic mass is 9.97. The summed E-state index contributed by atoms with van der Waals surface area (Å²) < 4.78 is 0. The van der Waals surface area contributed by atoms with Gasteiger partial charge in [-0.15, -0.1) is 0 Å². The molecule has 0 aromatic heterocycles. The van der Waals surface area contributed by atoms with Crippen LogP contribution in [0.1, 0.15) is 17.0 Å². The van der Waals surface area contributed by atoms with Crippen molar-refractivity contribution >= 4 is 11.8 Å². The average Bonchev–Trinajstić information content (AvgIpc) is 2.49. The van der Waals surface area contributed by atoms with Crippen molar-refractivity contribution in [3.05, 3.63) is 71.8 Å². The van der Waals surface area contributed by atoms with Crippen LogP contribution in [0.2, 0.25) is 0 Å². The molecule has 0 saturated carbocycles. The molecule has 0 aliphatic heterocycles. The summed E-state index contributed by atoms with van der Waals surface area (Å²) in [5.41, 5.74) is 7.10. The van der Waals surface area contributed by atoms with Crippen LogP contribution in [0.15, 0.2) is 60.7 Å². The number of nitrogens with two attached hydrogens (primary N) is 1. The van der Waals surface area contributed by atoms with Gasteiger partial charge in [0, 0.05) is 6.54 Å². The molecule has 108 valence electrons. The molecular formula is C17H18N2O2. The van der Waals surface area contributed by atoms with Gasteiger partial charge in [-0.3, -0.25) is 9.59 Å². The molecule has 0 aliphatic rings. The van der Waals surface area contributed by atoms with Gasteiger partial charge in [-0.25, -0.2) is 0 Å². The first-order chi connectivity index (χ1) is 10.2. The summed E-state index contributed by atoms with van der Waals surface area (Å²) in [5.74, 6) is -1.94. The average molecular weight is 282 g/mol. The Morgan fingerprint density at radius 3 is 2.10 bits per heavy atom. The van der Waals surface area contributed by atoms with Crippen LogP contribution < -0.4 is 11.1 Å². The van der Waals surface area contributed by atoms with Gasteiger partial charge in [0.2, 0.25) is 11.8 Å². The van der Waals surface area contributed by atoms with Crippen molar-refractivity contribution in [2.75, 3.05) is 6.54 Å². The van der Waals surface area contributed by atoms with Gasteiger partial charge in [0.25, 0.3) is 0 Å². The van der Waals surface area contributed by atoms with Crippen LogP contribution in [-0.4, -0.2) is 18.4 Å². The Morgan fingerprint density at radius 2 is 1.52 bits per heavy atom. The Labute approximate surface area is 124 Å². The minimum Gasteiger partial charge on any atom is -0.369 e. The third kappa shape index (κ3) is 4.18. The second-order valence-corrected chi connectivity index (χ2v) is 4.77. The molecule has 4 heteroatoms. The van der Waals surface area contributed by atoms with Crippen LogP contribution in [0.3, 0.4) is 0 Å². The monoisotopic (exact) mass is 282 g/mol. The van der Waals surface area contributed by atoms with E-state index in [4.69, 9.17) is 5.73 Å². The molecule has 4 nitrogen and oxygen atoms in total. The maximum absolute atomic E-state index is 12.2. The molecule has 2 amide bonds. The highest BCUT2D eigenvalue weighted by Crippen LogP contribution is 2.15. The number of carbonyl (C=O) groups excluding carboxylic acids is 2. The molecule has 1 unspecified atom stereocenters. The van der Waals surface area contributed by atoms with E-state index in [9.17, 15) is 9.59 Å². The largest absolute Gasteiger partial charge is 0.369 e. The summed E-state index contributed by atoms with van der Waals surface area (Å²) >= 11 is 0. The van der Waals surface area contributed by atoms with E-state index >= 15 is 0 Å². The SMILES string of the molecule is NC(=O)C(C(=O)NCCc1ccccc1)c1ccccc1. The topological polar surface area (TPSA) is 72.2 Å². The van der Waals surface area contributed by atoms with Crippen LogP contribution in [0.5, 0.6) is 0 Å². The van der Waals surface area contributed by atoms with Gasteiger partial charge in [0.15, 0.2) is 0 Å². The van der Waals surface area contributed by atoms with Gasteiger partial charge in [0.05, 0.1) is 0 Å². The number of carbonyl (C=O) groups is 2. The minimum absolute atomic E-state index is 0.357. The predicted octanol–water partition coefficient (Wildman–Crippen LogP) is 1.61. The van der Waals surface area contributed by atoms with E-state index in [0.29, 0.717) is 18.5 Å². The summed E-state index contributed by atoms with van der Waals surface area (Å²) in [6.45, 7) is 0.472. The van der Waals surface area contributed by atoms with Gasteiger partial charge >= 0.3 is 0 Å². The van der Waals surface area contributed by atoms with Gasteiger partial charge in [-0.2, -0.15) is 0 Å². The lowest BCUT2D eigenvalue weighted by molar-refractivity contribution is -0.129. The number of nitrogens with one attached hydrogen (secondary N) is 1. The zero-order valence-electron chi connectivity index (χ0n) is 11.7. The zero-order valence-corrected chi connectivity index (χ0v) is 11.7. The third-order valence-corrected chi connectivity index (χ3v) is 3.24. The van der Waals surface area contributed by atoms with Crippen molar-refractivity contribution in [3.63, 3.8) is 0 Å². The highest BCUT2D eigenvalue weighted by molar-refractivity contribution is 6.05. The number of hydrogen-bond acceptors (Lipinski definition) is 2. The highest BCUT2D eigenvalue weighted by Gasteiger charge is 2.25. The Balaban J connectivity index is 1.95. The number of amides is 2. The predicted molar refractivity (Wildman–Crippen MR) is 81.5 cm³/mol. The molecule has 0 saturated heterocycles. The van der Waals surface area contributed by atoms with Crippen molar-refractivity contribution in [2.45, 2.75) is 12.3 Å². The van der Waals surface area contributed by atoms with Gasteiger partial charge < -0.3 is 11.1 Å². The van der Waals surface area contributed by atoms with Crippen molar-refractivity contribution in [2.24, 2.45) is 5.73 Å². The van der Waals surface area contributed by atoms with Crippen molar-refractivity contribution in [3.8, 4) is 0 Å². The van der Waals surface area contributed by atoms with Gasteiger partial charge in [0.1, 0.15) is 5.92 Å². The second-order valence-electron chi connectivity index (χ2n) is 4.77. The van der Waals surface area contributed by atoms with E-state index in [0.717, 1.165) is 5.56 Å². The van der Waals surface area contributed by atoms with Crippen LogP contribution in [0.25, 0.3) is 0 Å². The molecule has 0 spiro atoms. The molecule has 0 bridgehead atoms. The van der Waals surface area contributed by atoms with E-state index in [2.05, 4.69) is 5.32 Å². The molecule has 3 N–H and O–H groups in total. The van der Waals surface area contributed by atoms with Crippen LogP contribution in [0.4, 0.5) is 0 Å². The van der Waals surface area contributed by atoms with E-state index in [-0.39, 0.29) is 5.91 Å². The summed E-state index contributed by atoms with van der Waals surface area (Å²) in [4.78, 5) is 23.7. The number of primary amides is 1.